The topological polar surface area (TPSA) is 18.5 Å². The lowest BCUT2D eigenvalue weighted by Crippen LogP contribution is -2.25. The van der Waals surface area contributed by atoms with Gasteiger partial charge in [0, 0.05) is 17.2 Å². The van der Waals surface area contributed by atoms with Crippen molar-refractivity contribution in [1.29, 1.82) is 0 Å². The molecule has 0 bridgehead atoms. The Hall–Kier alpha value is -2.31. The minimum absolute atomic E-state index is 0.00475. The van der Waals surface area contributed by atoms with Gasteiger partial charge in [-0.05, 0) is 92.9 Å². The summed E-state index contributed by atoms with van der Waals surface area (Å²) in [6, 6.07) is 7.59. The lowest BCUT2D eigenvalue weighted by molar-refractivity contribution is -0.274. The first-order valence-electron chi connectivity index (χ1n) is 14.6. The molecule has 0 atom stereocenters. The number of rotatable bonds is 10. The number of ether oxygens (including phenoxy) is 2. The van der Waals surface area contributed by atoms with Crippen molar-refractivity contribution < 1.29 is 31.4 Å². The van der Waals surface area contributed by atoms with Crippen molar-refractivity contribution in [2.24, 2.45) is 17.8 Å². The first-order chi connectivity index (χ1) is 18.7. The number of hydrogen-bond acceptors (Lipinski definition) is 2. The van der Waals surface area contributed by atoms with Crippen LogP contribution in [0.2, 0.25) is 0 Å². The van der Waals surface area contributed by atoms with Gasteiger partial charge in [-0.3, -0.25) is 0 Å². The first kappa shape index (κ1) is 29.7. The SMILES string of the molecule is CCCCC[C@H]1CC[C@H]([C@H]2CC[C@H](c3[c]c(F)c(F)c(CC)c3Oc3ccc(OC(F)(F)F)cc3)CC2)CC1. The summed E-state index contributed by atoms with van der Waals surface area (Å²) >= 11 is 0. The van der Waals surface area contributed by atoms with Crippen molar-refractivity contribution in [1.82, 2.24) is 0 Å². The molecule has 2 aromatic carbocycles. The maximum absolute atomic E-state index is 14.8. The maximum atomic E-state index is 14.8. The van der Waals surface area contributed by atoms with Gasteiger partial charge < -0.3 is 9.47 Å². The van der Waals surface area contributed by atoms with Crippen LogP contribution >= 0.6 is 0 Å². The minimum atomic E-state index is -4.80. The fourth-order valence-electron chi connectivity index (χ4n) is 6.68. The maximum Gasteiger partial charge on any atom is 0.573 e. The summed E-state index contributed by atoms with van der Waals surface area (Å²) in [6.07, 6.45) is 9.79. The zero-order chi connectivity index (χ0) is 28.0. The third kappa shape index (κ3) is 7.88. The van der Waals surface area contributed by atoms with E-state index in [0.29, 0.717) is 11.5 Å². The van der Waals surface area contributed by atoms with E-state index >= 15 is 0 Å². The molecule has 0 saturated heterocycles. The monoisotopic (exact) mass is 551 g/mol. The van der Waals surface area contributed by atoms with Crippen LogP contribution in [-0.2, 0) is 6.42 Å². The molecule has 39 heavy (non-hydrogen) atoms. The lowest BCUT2D eigenvalue weighted by Gasteiger charge is -2.38. The van der Waals surface area contributed by atoms with E-state index in [4.69, 9.17) is 4.74 Å². The van der Waals surface area contributed by atoms with Crippen LogP contribution < -0.4 is 9.47 Å². The van der Waals surface area contributed by atoms with Crippen molar-refractivity contribution in [3.05, 3.63) is 53.1 Å². The molecule has 0 aromatic heterocycles. The molecule has 0 spiro atoms. The van der Waals surface area contributed by atoms with Gasteiger partial charge in [0.05, 0.1) is 0 Å². The van der Waals surface area contributed by atoms with Crippen LogP contribution in [0.3, 0.4) is 0 Å². The molecule has 2 saturated carbocycles. The number of unbranched alkanes of at least 4 members (excludes halogenated alkanes) is 2. The Kier molecular flexibility index (Phi) is 10.2. The van der Waals surface area contributed by atoms with Crippen LogP contribution in [-0.4, -0.2) is 6.36 Å². The predicted octanol–water partition coefficient (Wildman–Crippen LogP) is 10.7. The normalized spacial score (nSPS) is 24.0. The van der Waals surface area contributed by atoms with E-state index in [9.17, 15) is 22.0 Å². The van der Waals surface area contributed by atoms with Gasteiger partial charge in [0.2, 0.25) is 0 Å². The second-order valence-electron chi connectivity index (χ2n) is 11.3. The lowest BCUT2D eigenvalue weighted by atomic mass is 9.67. The molecule has 0 aliphatic heterocycles. The Labute approximate surface area is 229 Å². The van der Waals surface area contributed by atoms with Gasteiger partial charge in [-0.15, -0.1) is 13.2 Å². The van der Waals surface area contributed by atoms with Gasteiger partial charge in [-0.1, -0.05) is 52.4 Å². The Morgan fingerprint density at radius 1 is 0.821 bits per heavy atom. The van der Waals surface area contributed by atoms with Crippen molar-refractivity contribution >= 4 is 0 Å². The van der Waals surface area contributed by atoms with E-state index < -0.39 is 18.0 Å². The van der Waals surface area contributed by atoms with E-state index in [0.717, 1.165) is 49.7 Å². The molecule has 2 nitrogen and oxygen atoms in total. The highest BCUT2D eigenvalue weighted by Crippen LogP contribution is 2.47. The Morgan fingerprint density at radius 3 is 1.97 bits per heavy atom. The summed E-state index contributed by atoms with van der Waals surface area (Å²) in [5, 5.41) is 0. The summed E-state index contributed by atoms with van der Waals surface area (Å²) in [7, 11) is 0. The number of hydrogen-bond donors (Lipinski definition) is 0. The second kappa shape index (κ2) is 13.4. The van der Waals surface area contributed by atoms with Gasteiger partial charge in [0.15, 0.2) is 11.6 Å². The first-order valence-corrected chi connectivity index (χ1v) is 14.6. The second-order valence-corrected chi connectivity index (χ2v) is 11.3. The zero-order valence-electron chi connectivity index (χ0n) is 23.0. The highest BCUT2D eigenvalue weighted by Gasteiger charge is 2.34. The third-order valence-electron chi connectivity index (χ3n) is 8.81. The molecule has 0 unspecified atom stereocenters. The predicted molar refractivity (Wildman–Crippen MR) is 142 cm³/mol. The Balaban J connectivity index is 1.43. The van der Waals surface area contributed by atoms with Gasteiger partial charge in [0.1, 0.15) is 17.2 Å². The molecule has 0 amide bonds. The Bertz CT molecular complexity index is 1050. The number of halogens is 5. The highest BCUT2D eigenvalue weighted by atomic mass is 19.4. The zero-order valence-corrected chi connectivity index (χ0v) is 23.0. The molecule has 2 fully saturated rings. The van der Waals surface area contributed by atoms with E-state index in [1.807, 2.05) is 0 Å². The molecular formula is C32H40F5O2. The van der Waals surface area contributed by atoms with Gasteiger partial charge in [-0.25, -0.2) is 8.78 Å². The molecule has 0 heterocycles. The van der Waals surface area contributed by atoms with Crippen LogP contribution in [0.15, 0.2) is 24.3 Å². The molecule has 7 heteroatoms. The molecule has 2 aliphatic carbocycles. The summed E-state index contributed by atoms with van der Waals surface area (Å²) < 4.78 is 76.9. The molecule has 0 N–H and O–H groups in total. The smallest absolute Gasteiger partial charge is 0.457 e. The highest BCUT2D eigenvalue weighted by molar-refractivity contribution is 5.47. The van der Waals surface area contributed by atoms with Crippen LogP contribution in [0.4, 0.5) is 22.0 Å². The van der Waals surface area contributed by atoms with Crippen LogP contribution in [0.25, 0.3) is 0 Å². The van der Waals surface area contributed by atoms with Gasteiger partial charge in [-0.2, -0.15) is 0 Å². The van der Waals surface area contributed by atoms with E-state index in [1.54, 1.807) is 6.92 Å². The fraction of sp³-hybridized carbons (Fsp3) is 0.625. The van der Waals surface area contributed by atoms with E-state index in [2.05, 4.69) is 17.7 Å². The van der Waals surface area contributed by atoms with Crippen molar-refractivity contribution in [2.45, 2.75) is 110 Å². The Morgan fingerprint density at radius 2 is 1.41 bits per heavy atom. The van der Waals surface area contributed by atoms with Crippen LogP contribution in [0.5, 0.6) is 17.2 Å². The average molecular weight is 552 g/mol. The van der Waals surface area contributed by atoms with Crippen LogP contribution in [0, 0.1) is 35.5 Å². The van der Waals surface area contributed by atoms with Gasteiger partial charge in [0.25, 0.3) is 0 Å². The molecule has 4 rings (SSSR count). The largest absolute Gasteiger partial charge is 0.573 e. The molecule has 2 aromatic rings. The average Bonchev–Trinajstić information content (AvgIpc) is 2.92. The van der Waals surface area contributed by atoms with E-state index in [1.165, 1.54) is 63.5 Å². The fourth-order valence-corrected chi connectivity index (χ4v) is 6.68. The third-order valence-corrected chi connectivity index (χ3v) is 8.81. The van der Waals surface area contributed by atoms with Crippen molar-refractivity contribution in [3.8, 4) is 17.2 Å². The molecule has 215 valence electrons. The minimum Gasteiger partial charge on any atom is -0.457 e. The quantitative estimate of drug-likeness (QED) is 0.216. The van der Waals surface area contributed by atoms with E-state index in [-0.39, 0.29) is 35.2 Å². The van der Waals surface area contributed by atoms with Crippen molar-refractivity contribution in [2.75, 3.05) is 0 Å². The van der Waals surface area contributed by atoms with Gasteiger partial charge >= 0.3 is 6.36 Å². The molecular weight excluding hydrogens is 511 g/mol. The van der Waals surface area contributed by atoms with Crippen molar-refractivity contribution in [3.63, 3.8) is 0 Å². The standard InChI is InChI=1S/C32H40F5O2/c1-3-5-6-7-21-8-10-22(11-9-21)23-12-14-24(15-13-23)28-20-29(33)30(34)27(4-2)31(28)38-25-16-18-26(19-17-25)39-32(35,36)37/h16-19,21-24H,3-15H2,1-2H3/t21-,22-,23-,24-. The molecule has 1 radical (unpaired) electrons. The number of benzene rings is 2. The summed E-state index contributed by atoms with van der Waals surface area (Å²) in [5.74, 6) is 0.375. The number of alkyl halides is 3. The summed E-state index contributed by atoms with van der Waals surface area (Å²) in [5.41, 5.74) is 0.653. The van der Waals surface area contributed by atoms with Crippen LogP contribution in [0.1, 0.15) is 108 Å². The molecule has 2 aliphatic rings. The summed E-state index contributed by atoms with van der Waals surface area (Å²) in [6.45, 7) is 3.97. The summed E-state index contributed by atoms with van der Waals surface area (Å²) in [4.78, 5) is 0.